The molecule has 2 heterocycles. The Hall–Kier alpha value is -1.50. The van der Waals surface area contributed by atoms with Gasteiger partial charge in [0.1, 0.15) is 0 Å². The maximum absolute atomic E-state index is 12.8. The maximum atomic E-state index is 12.8. The normalized spacial score (nSPS) is 18.1. The van der Waals surface area contributed by atoms with E-state index in [4.69, 9.17) is 38.2 Å². The fourth-order valence-corrected chi connectivity index (χ4v) is 6.02. The van der Waals surface area contributed by atoms with Crippen molar-refractivity contribution in [3.63, 3.8) is 0 Å². The van der Waals surface area contributed by atoms with E-state index in [0.717, 1.165) is 36.9 Å². The van der Waals surface area contributed by atoms with E-state index >= 15 is 0 Å². The summed E-state index contributed by atoms with van der Waals surface area (Å²) in [7, 11) is 6.05. The Kier molecular flexibility index (Phi) is 11.2. The van der Waals surface area contributed by atoms with E-state index in [0.29, 0.717) is 34.3 Å². The zero-order chi connectivity index (χ0) is 26.1. The second-order valence-electron chi connectivity index (χ2n) is 7.63. The molecule has 0 aliphatic carbocycles. The molecule has 0 saturated carbocycles. The van der Waals surface area contributed by atoms with Crippen LogP contribution in [0.25, 0.3) is 0 Å². The predicted molar refractivity (Wildman–Crippen MR) is 147 cm³/mol. The van der Waals surface area contributed by atoms with Gasteiger partial charge in [0.2, 0.25) is 10.0 Å². The second-order valence-corrected chi connectivity index (χ2v) is 12.8. The van der Waals surface area contributed by atoms with Gasteiger partial charge in [-0.15, -0.1) is 13.9 Å². The van der Waals surface area contributed by atoms with Crippen LogP contribution in [-0.4, -0.2) is 37.4 Å². The molecule has 36 heavy (non-hydrogen) atoms. The Morgan fingerprint density at radius 1 is 1.08 bits per heavy atom. The van der Waals surface area contributed by atoms with E-state index in [1.807, 2.05) is 30.3 Å². The summed E-state index contributed by atoms with van der Waals surface area (Å²) >= 11 is 6.65. The molecule has 2 aromatic rings. The first-order chi connectivity index (χ1) is 17.3. The molecule has 2 aromatic carbocycles. The molecule has 2 aliphatic rings. The summed E-state index contributed by atoms with van der Waals surface area (Å²) in [5, 5.41) is 18.6. The van der Waals surface area contributed by atoms with Gasteiger partial charge in [0.15, 0.2) is 5.84 Å². The van der Waals surface area contributed by atoms with Crippen molar-refractivity contribution in [2.45, 2.75) is 31.1 Å². The molecule has 1 saturated heterocycles. The van der Waals surface area contributed by atoms with Crippen molar-refractivity contribution in [3.05, 3.63) is 64.4 Å². The van der Waals surface area contributed by atoms with Gasteiger partial charge in [0, 0.05) is 30.6 Å². The monoisotopic (exact) mass is 625 g/mol. The van der Waals surface area contributed by atoms with Crippen LogP contribution >= 0.6 is 32.1 Å². The summed E-state index contributed by atoms with van der Waals surface area (Å²) in [6.07, 6.45) is 2.86. The summed E-state index contributed by atoms with van der Waals surface area (Å²) in [6, 6.07) is 15.8. The Balaban J connectivity index is 0.00000115. The average molecular weight is 626 g/mol. The molecule has 0 atom stereocenters. The van der Waals surface area contributed by atoms with Crippen LogP contribution in [0.15, 0.2) is 84.0 Å². The Morgan fingerprint density at radius 3 is 2.31 bits per heavy atom. The average Bonchev–Trinajstić information content (AvgIpc) is 3.19. The van der Waals surface area contributed by atoms with Crippen LogP contribution in [0.1, 0.15) is 26.2 Å². The van der Waals surface area contributed by atoms with Crippen molar-refractivity contribution in [1.82, 2.24) is 4.31 Å². The number of nitrogens with zero attached hydrogens (tertiary/aromatic N) is 5. The van der Waals surface area contributed by atoms with Crippen LogP contribution in [0.2, 0.25) is 0 Å². The van der Waals surface area contributed by atoms with Crippen LogP contribution in [0.5, 0.6) is 0 Å². The third-order valence-corrected chi connectivity index (χ3v) is 8.21. The van der Waals surface area contributed by atoms with E-state index in [1.165, 1.54) is 9.31 Å². The molecule has 0 radical (unpaired) electrons. The number of sulfonamides is 1. The number of hydrogen-bond donors (Lipinski definition) is 1. The van der Waals surface area contributed by atoms with Crippen molar-refractivity contribution < 1.29 is 21.6 Å². The molecule has 0 aromatic heterocycles. The van der Waals surface area contributed by atoms with Crippen LogP contribution in [0.3, 0.4) is 0 Å². The zero-order valence-electron chi connectivity index (χ0n) is 19.1. The number of rotatable bonds is 6. The topological polar surface area (TPSA) is 102 Å². The fourth-order valence-electron chi connectivity index (χ4n) is 3.62. The van der Waals surface area contributed by atoms with Gasteiger partial charge in [-0.2, -0.15) is 9.41 Å². The zero-order valence-corrected chi connectivity index (χ0v) is 24.2. The number of piperidine rings is 1. The fraction of sp³-hybridized carbons (Fsp3) is 0.273. The van der Waals surface area contributed by atoms with E-state index in [9.17, 15) is 8.42 Å². The molecule has 2 aliphatic heterocycles. The molecule has 0 spiro atoms. The molecule has 4 rings (SSSR count). The summed E-state index contributed by atoms with van der Waals surface area (Å²) in [4.78, 5) is 0.259. The second kappa shape index (κ2) is 13.9. The van der Waals surface area contributed by atoms with Crippen LogP contribution in [0.4, 0.5) is 11.4 Å². The molecule has 193 valence electrons. The molecule has 0 bridgehead atoms. The number of nitrogens with one attached hydrogen (secondary N) is 1. The quantitative estimate of drug-likeness (QED) is 0.169. The van der Waals surface area contributed by atoms with E-state index in [2.05, 4.69) is 14.7 Å². The molecular weight excluding hydrogens is 603 g/mol. The summed E-state index contributed by atoms with van der Waals surface area (Å²) in [5.74, 6) is 0.193. The van der Waals surface area contributed by atoms with Gasteiger partial charge < -0.3 is 12.6 Å². The third-order valence-electron chi connectivity index (χ3n) is 5.33. The van der Waals surface area contributed by atoms with E-state index < -0.39 is 10.0 Å². The number of benzene rings is 2. The van der Waals surface area contributed by atoms with Gasteiger partial charge in [-0.3, -0.25) is 5.41 Å². The van der Waals surface area contributed by atoms with E-state index in [-0.39, 0.29) is 23.9 Å². The Bertz CT molecular complexity index is 1250. The van der Waals surface area contributed by atoms with Crippen molar-refractivity contribution >= 4 is 77.7 Å². The van der Waals surface area contributed by atoms with Crippen LogP contribution in [-0.2, 0) is 35.8 Å². The van der Waals surface area contributed by atoms with Crippen LogP contribution < -0.4 is 5.01 Å². The number of hydrogen-bond acceptors (Lipinski definition) is 8. The molecule has 0 unspecified atom stereocenters. The van der Waals surface area contributed by atoms with Crippen molar-refractivity contribution in [3.8, 4) is 0 Å². The van der Waals surface area contributed by atoms with Gasteiger partial charge in [-0.25, -0.2) is 13.4 Å². The first-order valence-corrected chi connectivity index (χ1v) is 16.4. The Labute approximate surface area is 235 Å². The minimum absolute atomic E-state index is 0.193. The number of anilines is 1. The van der Waals surface area contributed by atoms with Gasteiger partial charge >= 0.3 is 33.3 Å². The van der Waals surface area contributed by atoms with Crippen LogP contribution in [0, 0.1) is 5.41 Å². The molecule has 1 fully saturated rings. The molecule has 14 heteroatoms. The molecule has 0 amide bonds. The number of hydrazone groups is 1. The minimum atomic E-state index is -3.47. The Morgan fingerprint density at radius 2 is 1.69 bits per heavy atom. The number of halogens is 2. The summed E-state index contributed by atoms with van der Waals surface area (Å²) in [5.41, 5.74) is 2.49. The van der Waals surface area contributed by atoms with Gasteiger partial charge in [0.25, 0.3) is 0 Å². The van der Waals surface area contributed by atoms with Gasteiger partial charge in [-0.05, 0) is 56.2 Å². The molecule has 8 nitrogen and oxygen atoms in total. The molecule has 1 N–H and O–H groups in total. The van der Waals surface area contributed by atoms with Gasteiger partial charge in [-0.1, -0.05) is 24.6 Å². The van der Waals surface area contributed by atoms with Crippen molar-refractivity contribution in [2.75, 3.05) is 18.1 Å². The SMILES string of the molecule is CC1=NN(c2ccccc2)C(=N)/C1=C(/[S-])SN=Nc1ccc(S(=O)(=O)N2CCCCC2)cc1.[Cl][Fe+][Cl]. The first kappa shape index (κ1) is 29.1. The summed E-state index contributed by atoms with van der Waals surface area (Å²) in [6.45, 7) is 2.94. The third kappa shape index (κ3) is 7.29. The van der Waals surface area contributed by atoms with Crippen molar-refractivity contribution in [2.24, 2.45) is 14.7 Å². The predicted octanol–water partition coefficient (Wildman–Crippen LogP) is 6.60. The van der Waals surface area contributed by atoms with Gasteiger partial charge in [0.05, 0.1) is 22.0 Å². The number of amidine groups is 1. The molecular formula is C22H23Cl2FeN6O2S3. The van der Waals surface area contributed by atoms with Crippen molar-refractivity contribution in [1.29, 1.82) is 5.41 Å². The standard InChI is InChI=1S/C22H24N6O2S3.2ClH.Fe/c1-16-20(21(23)28(25-16)18-8-4-2-5-9-18)22(31)32-26-24-17-10-12-19(13-11-17)33(29,30)27-14-6-3-7-15-27;;;/h2,4-5,8-13,23,31H,3,6-7,14-15H2,1H3;2*1H;/q;;;+3/p-3/b22-20-,23-21?,26-24?;;;. The summed E-state index contributed by atoms with van der Waals surface area (Å²) < 4.78 is 31.5. The number of para-hydroxylation sites is 1. The van der Waals surface area contributed by atoms with E-state index in [1.54, 1.807) is 31.2 Å². The first-order valence-electron chi connectivity index (χ1n) is 10.7.